The number of aromatic nitrogens is 2. The molecule has 39 heavy (non-hydrogen) atoms. The largest absolute Gasteiger partial charge is 0.480 e. The molecule has 0 aliphatic carbocycles. The van der Waals surface area contributed by atoms with Gasteiger partial charge in [-0.15, -0.1) is 0 Å². The number of nitrogens with two attached hydrogens (primary N) is 2. The Hall–Kier alpha value is -3.77. The van der Waals surface area contributed by atoms with Crippen molar-refractivity contribution in [2.75, 3.05) is 6.54 Å². The van der Waals surface area contributed by atoms with Gasteiger partial charge in [0.25, 0.3) is 0 Å². The number of aromatic amines is 1. The maximum Gasteiger partial charge on any atom is 0.326 e. The number of carboxylic acids is 1. The molecule has 0 bridgehead atoms. The minimum Gasteiger partial charge on any atom is -0.480 e. The van der Waals surface area contributed by atoms with Crippen molar-refractivity contribution < 1.29 is 24.3 Å². The van der Waals surface area contributed by atoms with E-state index in [2.05, 4.69) is 25.9 Å². The van der Waals surface area contributed by atoms with Crippen molar-refractivity contribution in [2.24, 2.45) is 17.4 Å². The van der Waals surface area contributed by atoms with Crippen molar-refractivity contribution in [1.82, 2.24) is 25.9 Å². The van der Waals surface area contributed by atoms with Gasteiger partial charge in [0, 0.05) is 24.7 Å². The summed E-state index contributed by atoms with van der Waals surface area (Å²) in [5.74, 6) is -3.16. The molecule has 2 rings (SSSR count). The summed E-state index contributed by atoms with van der Waals surface area (Å²) in [6.45, 7) is 4.09. The first kappa shape index (κ1) is 31.4. The quantitative estimate of drug-likeness (QED) is 0.137. The van der Waals surface area contributed by atoms with Crippen molar-refractivity contribution in [3.05, 3.63) is 54.1 Å². The van der Waals surface area contributed by atoms with Gasteiger partial charge in [-0.25, -0.2) is 9.78 Å². The number of imidazole rings is 1. The lowest BCUT2D eigenvalue weighted by atomic mass is 9.96. The van der Waals surface area contributed by atoms with Crippen molar-refractivity contribution in [1.29, 1.82) is 0 Å². The number of carbonyl (C=O) groups excluding carboxylic acids is 3. The molecule has 12 nitrogen and oxygen atoms in total. The van der Waals surface area contributed by atoms with Crippen molar-refractivity contribution in [3.63, 3.8) is 0 Å². The van der Waals surface area contributed by atoms with E-state index in [0.717, 1.165) is 5.56 Å². The summed E-state index contributed by atoms with van der Waals surface area (Å²) in [6, 6.07) is 4.91. The summed E-state index contributed by atoms with van der Waals surface area (Å²) >= 11 is 0. The van der Waals surface area contributed by atoms with E-state index >= 15 is 0 Å². The number of unbranched alkanes of at least 4 members (excludes halogenated alkanes) is 1. The smallest absolute Gasteiger partial charge is 0.326 e. The van der Waals surface area contributed by atoms with Crippen LogP contribution in [0.15, 0.2) is 42.9 Å². The summed E-state index contributed by atoms with van der Waals surface area (Å²) in [6.07, 6.45) is 5.42. The van der Waals surface area contributed by atoms with Gasteiger partial charge >= 0.3 is 5.97 Å². The van der Waals surface area contributed by atoms with Crippen molar-refractivity contribution in [3.8, 4) is 0 Å². The Morgan fingerprint density at radius 2 is 1.67 bits per heavy atom. The Morgan fingerprint density at radius 1 is 0.974 bits per heavy atom. The van der Waals surface area contributed by atoms with E-state index in [0.29, 0.717) is 37.9 Å². The van der Waals surface area contributed by atoms with Crippen molar-refractivity contribution in [2.45, 2.75) is 76.5 Å². The molecule has 12 heteroatoms. The SMILES string of the molecule is CCC(C)C(NC(=O)C(CCCCN)NC(=O)C(N)Cc1cnc[nH]1)C(=O)NC(Cc1ccccc1)C(=O)O. The number of nitrogens with zero attached hydrogens (tertiary/aromatic N) is 1. The minimum atomic E-state index is -1.18. The molecule has 0 aliphatic heterocycles. The number of carbonyl (C=O) groups is 4. The highest BCUT2D eigenvalue weighted by molar-refractivity contribution is 5.94. The van der Waals surface area contributed by atoms with E-state index in [9.17, 15) is 24.3 Å². The predicted octanol–water partition coefficient (Wildman–Crippen LogP) is 0.236. The number of aliphatic carboxylic acids is 1. The van der Waals surface area contributed by atoms with Gasteiger partial charge in [0.05, 0.1) is 12.4 Å². The van der Waals surface area contributed by atoms with E-state index in [-0.39, 0.29) is 18.8 Å². The molecule has 1 aromatic heterocycles. The Balaban J connectivity index is 2.13. The highest BCUT2D eigenvalue weighted by atomic mass is 16.4. The monoisotopic (exact) mass is 543 g/mol. The van der Waals surface area contributed by atoms with E-state index in [1.54, 1.807) is 37.4 Å². The predicted molar refractivity (Wildman–Crippen MR) is 146 cm³/mol. The zero-order valence-corrected chi connectivity index (χ0v) is 22.6. The number of rotatable bonds is 17. The number of H-pyrrole nitrogens is 1. The molecule has 0 radical (unpaired) electrons. The maximum absolute atomic E-state index is 13.3. The van der Waals surface area contributed by atoms with Crippen LogP contribution < -0.4 is 27.4 Å². The molecule has 1 aromatic carbocycles. The topological polar surface area (TPSA) is 205 Å². The molecule has 0 saturated carbocycles. The van der Waals surface area contributed by atoms with Gasteiger partial charge in [-0.3, -0.25) is 14.4 Å². The summed E-state index contributed by atoms with van der Waals surface area (Å²) in [5.41, 5.74) is 13.1. The molecule has 0 aliphatic rings. The minimum absolute atomic E-state index is 0.0923. The van der Waals surface area contributed by atoms with Crippen LogP contribution in [0.5, 0.6) is 0 Å². The molecule has 0 spiro atoms. The molecule has 0 fully saturated rings. The lowest BCUT2D eigenvalue weighted by Crippen LogP contribution is -2.59. The molecule has 9 N–H and O–H groups in total. The fourth-order valence-corrected chi connectivity index (χ4v) is 4.03. The van der Waals surface area contributed by atoms with Crippen LogP contribution in [0.3, 0.4) is 0 Å². The number of carboxylic acid groups (broad SMARTS) is 1. The van der Waals surface area contributed by atoms with E-state index in [4.69, 9.17) is 11.5 Å². The Bertz CT molecular complexity index is 1050. The van der Waals surface area contributed by atoms with Crippen LogP contribution in [0.25, 0.3) is 0 Å². The summed E-state index contributed by atoms with van der Waals surface area (Å²) in [4.78, 5) is 58.1. The third-order valence-corrected chi connectivity index (χ3v) is 6.60. The second-order valence-electron chi connectivity index (χ2n) is 9.69. The number of nitrogens with one attached hydrogen (secondary N) is 4. The first-order valence-corrected chi connectivity index (χ1v) is 13.3. The van der Waals surface area contributed by atoms with Gasteiger partial charge < -0.3 is 37.5 Å². The Morgan fingerprint density at radius 3 is 2.26 bits per heavy atom. The maximum atomic E-state index is 13.3. The average Bonchev–Trinajstić information content (AvgIpc) is 3.43. The molecule has 2 aromatic rings. The number of amides is 3. The van der Waals surface area contributed by atoms with Crippen LogP contribution in [0.4, 0.5) is 0 Å². The molecule has 214 valence electrons. The highest BCUT2D eigenvalue weighted by Gasteiger charge is 2.32. The first-order valence-electron chi connectivity index (χ1n) is 13.3. The lowest BCUT2D eigenvalue weighted by molar-refractivity contribution is -0.142. The Kier molecular flexibility index (Phi) is 13.1. The van der Waals surface area contributed by atoms with Crippen LogP contribution in [-0.2, 0) is 32.0 Å². The third kappa shape index (κ3) is 10.5. The molecule has 5 unspecified atom stereocenters. The van der Waals surface area contributed by atoms with Gasteiger partial charge in [-0.1, -0.05) is 50.6 Å². The zero-order valence-electron chi connectivity index (χ0n) is 22.6. The number of benzene rings is 1. The van der Waals surface area contributed by atoms with E-state index in [1.807, 2.05) is 13.0 Å². The van der Waals surface area contributed by atoms with E-state index in [1.165, 1.54) is 6.33 Å². The highest BCUT2D eigenvalue weighted by Crippen LogP contribution is 2.12. The van der Waals surface area contributed by atoms with Gasteiger partial charge in [-0.2, -0.15) is 0 Å². The molecular weight excluding hydrogens is 502 g/mol. The fourth-order valence-electron chi connectivity index (χ4n) is 4.03. The number of hydrogen-bond donors (Lipinski definition) is 7. The zero-order chi connectivity index (χ0) is 28.8. The van der Waals surface area contributed by atoms with Crippen LogP contribution >= 0.6 is 0 Å². The summed E-state index contributed by atoms with van der Waals surface area (Å²) in [7, 11) is 0. The van der Waals surface area contributed by atoms with E-state index < -0.39 is 47.9 Å². The molecule has 5 atom stereocenters. The van der Waals surface area contributed by atoms with Gasteiger partial charge in [0.2, 0.25) is 17.7 Å². The van der Waals surface area contributed by atoms with Crippen LogP contribution in [0, 0.1) is 5.92 Å². The average molecular weight is 544 g/mol. The standard InChI is InChI=1S/C27H41N7O5/c1-3-17(2)23(26(37)33-22(27(38)39)13-18-9-5-4-6-10-18)34-25(36)21(11-7-8-12-28)32-24(35)20(29)14-19-15-30-16-31-19/h4-6,9-10,15-17,20-23H,3,7-8,11-14,28-29H2,1-2H3,(H,30,31)(H,32,35)(H,33,37)(H,34,36)(H,38,39). The Labute approximate surface area is 228 Å². The lowest BCUT2D eigenvalue weighted by Gasteiger charge is -2.28. The second-order valence-corrected chi connectivity index (χ2v) is 9.69. The van der Waals surface area contributed by atoms with Crippen LogP contribution in [-0.4, -0.2) is 69.5 Å². The fraction of sp³-hybridized carbons (Fsp3) is 0.519. The molecule has 3 amide bonds. The summed E-state index contributed by atoms with van der Waals surface area (Å²) < 4.78 is 0. The molecule has 1 heterocycles. The van der Waals surface area contributed by atoms with Crippen molar-refractivity contribution >= 4 is 23.7 Å². The first-order chi connectivity index (χ1) is 18.7. The van der Waals surface area contributed by atoms with Crippen LogP contribution in [0.1, 0.15) is 50.8 Å². The normalized spacial score (nSPS) is 14.9. The van der Waals surface area contributed by atoms with Gasteiger partial charge in [0.1, 0.15) is 18.1 Å². The van der Waals surface area contributed by atoms with Gasteiger partial charge in [-0.05, 0) is 37.3 Å². The molecule has 0 saturated heterocycles. The summed E-state index contributed by atoms with van der Waals surface area (Å²) in [5, 5.41) is 17.7. The van der Waals surface area contributed by atoms with Gasteiger partial charge in [0.15, 0.2) is 0 Å². The second kappa shape index (κ2) is 16.2. The van der Waals surface area contributed by atoms with Crippen LogP contribution in [0.2, 0.25) is 0 Å². The third-order valence-electron chi connectivity index (χ3n) is 6.60. The molecular formula is C27H41N7O5. The number of hydrogen-bond acceptors (Lipinski definition) is 7.